The molecule has 0 heterocycles. The van der Waals surface area contributed by atoms with Gasteiger partial charge in [-0.1, -0.05) is 36.4 Å². The van der Waals surface area contributed by atoms with Crippen molar-refractivity contribution >= 4 is 29.3 Å². The third-order valence-electron chi connectivity index (χ3n) is 5.11. The first-order valence-corrected chi connectivity index (χ1v) is 9.87. The molecule has 3 aromatic rings. The van der Waals surface area contributed by atoms with Crippen molar-refractivity contribution in [3.8, 4) is 0 Å². The second kappa shape index (κ2) is 8.71. The standard InChI is InChI=1S/C24H21N3O4/c28-22(16-5-2-1-3-6-16)26-19-8-4-7-17(13-19)23(29)25-18-11-9-15(10-12-18)20-14-21(20)27-24(30)31/h1-13,20-21,27H,14H2,(H,25,29)(H,26,28)(H,30,31)/t20-,21+/m0/s1. The van der Waals surface area contributed by atoms with Gasteiger partial charge in [-0.2, -0.15) is 0 Å². The summed E-state index contributed by atoms with van der Waals surface area (Å²) in [7, 11) is 0. The molecule has 1 saturated carbocycles. The van der Waals surface area contributed by atoms with E-state index in [1.165, 1.54) is 0 Å². The molecule has 0 aromatic heterocycles. The topological polar surface area (TPSA) is 108 Å². The molecule has 3 aromatic carbocycles. The van der Waals surface area contributed by atoms with Crippen molar-refractivity contribution in [2.75, 3.05) is 10.6 Å². The summed E-state index contributed by atoms with van der Waals surface area (Å²) in [5.41, 5.74) is 3.15. The van der Waals surface area contributed by atoms with Crippen LogP contribution in [0.5, 0.6) is 0 Å². The van der Waals surface area contributed by atoms with Gasteiger partial charge in [-0.3, -0.25) is 9.59 Å². The van der Waals surface area contributed by atoms with Gasteiger partial charge in [-0.25, -0.2) is 4.79 Å². The Morgan fingerprint density at radius 2 is 1.39 bits per heavy atom. The van der Waals surface area contributed by atoms with Crippen molar-refractivity contribution < 1.29 is 19.5 Å². The molecule has 7 heteroatoms. The van der Waals surface area contributed by atoms with Crippen LogP contribution in [0.3, 0.4) is 0 Å². The van der Waals surface area contributed by atoms with Gasteiger partial charge in [0.2, 0.25) is 0 Å². The summed E-state index contributed by atoms with van der Waals surface area (Å²) in [6, 6.07) is 22.9. The number of carbonyl (C=O) groups excluding carboxylic acids is 2. The van der Waals surface area contributed by atoms with Crippen molar-refractivity contribution in [3.05, 3.63) is 95.6 Å². The second-order valence-corrected chi connectivity index (χ2v) is 7.38. The summed E-state index contributed by atoms with van der Waals surface area (Å²) in [6.45, 7) is 0. The van der Waals surface area contributed by atoms with Crippen molar-refractivity contribution in [3.63, 3.8) is 0 Å². The lowest BCUT2D eigenvalue weighted by atomic mass is 10.1. The summed E-state index contributed by atoms with van der Waals surface area (Å²) < 4.78 is 0. The van der Waals surface area contributed by atoms with E-state index in [1.54, 1.807) is 60.7 Å². The quantitative estimate of drug-likeness (QED) is 0.481. The number of amides is 3. The second-order valence-electron chi connectivity index (χ2n) is 7.38. The van der Waals surface area contributed by atoms with E-state index in [0.717, 1.165) is 12.0 Å². The van der Waals surface area contributed by atoms with E-state index in [2.05, 4.69) is 16.0 Å². The average molecular weight is 415 g/mol. The molecular formula is C24H21N3O4. The normalized spacial score (nSPS) is 16.8. The van der Waals surface area contributed by atoms with Gasteiger partial charge >= 0.3 is 6.09 Å². The lowest BCUT2D eigenvalue weighted by Gasteiger charge is -2.09. The molecule has 4 rings (SSSR count). The highest BCUT2D eigenvalue weighted by Crippen LogP contribution is 2.41. The van der Waals surface area contributed by atoms with Crippen LogP contribution in [0, 0.1) is 0 Å². The molecule has 156 valence electrons. The van der Waals surface area contributed by atoms with Gasteiger partial charge in [0, 0.05) is 34.5 Å². The number of benzene rings is 3. The van der Waals surface area contributed by atoms with E-state index in [9.17, 15) is 14.4 Å². The van der Waals surface area contributed by atoms with Crippen LogP contribution < -0.4 is 16.0 Å². The molecule has 31 heavy (non-hydrogen) atoms. The summed E-state index contributed by atoms with van der Waals surface area (Å²) in [5.74, 6) is -0.365. The fraction of sp³-hybridized carbons (Fsp3) is 0.125. The number of hydrogen-bond acceptors (Lipinski definition) is 3. The van der Waals surface area contributed by atoms with E-state index in [1.807, 2.05) is 18.2 Å². The molecule has 1 aliphatic carbocycles. The highest BCUT2D eigenvalue weighted by atomic mass is 16.4. The van der Waals surface area contributed by atoms with Crippen LogP contribution in [-0.4, -0.2) is 29.1 Å². The van der Waals surface area contributed by atoms with E-state index < -0.39 is 6.09 Å². The third-order valence-corrected chi connectivity index (χ3v) is 5.11. The van der Waals surface area contributed by atoms with Crippen LogP contribution in [0.4, 0.5) is 16.2 Å². The molecular weight excluding hydrogens is 394 g/mol. The lowest BCUT2D eigenvalue weighted by molar-refractivity contribution is 0.101. The number of carboxylic acid groups (broad SMARTS) is 1. The molecule has 0 spiro atoms. The molecule has 1 fully saturated rings. The van der Waals surface area contributed by atoms with Gasteiger partial charge in [-0.15, -0.1) is 0 Å². The van der Waals surface area contributed by atoms with Gasteiger partial charge < -0.3 is 21.1 Å². The fourth-order valence-electron chi connectivity index (χ4n) is 3.43. The van der Waals surface area contributed by atoms with Crippen LogP contribution >= 0.6 is 0 Å². The van der Waals surface area contributed by atoms with Gasteiger partial charge in [0.1, 0.15) is 0 Å². The SMILES string of the molecule is O=C(O)N[C@@H]1C[C@H]1c1ccc(NC(=O)c2cccc(NC(=O)c3ccccc3)c2)cc1. The monoisotopic (exact) mass is 415 g/mol. The molecule has 1 aliphatic rings. The number of hydrogen-bond donors (Lipinski definition) is 4. The van der Waals surface area contributed by atoms with E-state index in [-0.39, 0.29) is 23.8 Å². The highest BCUT2D eigenvalue weighted by molar-refractivity contribution is 6.07. The lowest BCUT2D eigenvalue weighted by Crippen LogP contribution is -2.24. The number of carbonyl (C=O) groups is 3. The maximum atomic E-state index is 12.6. The molecule has 4 N–H and O–H groups in total. The van der Waals surface area contributed by atoms with Crippen molar-refractivity contribution in [2.24, 2.45) is 0 Å². The predicted molar refractivity (Wildman–Crippen MR) is 118 cm³/mol. The van der Waals surface area contributed by atoms with E-state index in [4.69, 9.17) is 5.11 Å². The Morgan fingerprint density at radius 1 is 0.742 bits per heavy atom. The Morgan fingerprint density at radius 3 is 2.10 bits per heavy atom. The third kappa shape index (κ3) is 5.08. The van der Waals surface area contributed by atoms with Gasteiger partial charge in [0.15, 0.2) is 0 Å². The minimum atomic E-state index is -1.02. The van der Waals surface area contributed by atoms with Gasteiger partial charge in [-0.05, 0) is 54.4 Å². The zero-order valence-electron chi connectivity index (χ0n) is 16.5. The smallest absolute Gasteiger partial charge is 0.404 e. The molecule has 2 atom stereocenters. The molecule has 0 radical (unpaired) electrons. The minimum Gasteiger partial charge on any atom is -0.465 e. The Hall–Kier alpha value is -4.13. The zero-order valence-corrected chi connectivity index (χ0v) is 16.5. The van der Waals surface area contributed by atoms with Crippen LogP contribution in [0.2, 0.25) is 0 Å². The van der Waals surface area contributed by atoms with Gasteiger partial charge in [0.25, 0.3) is 11.8 Å². The van der Waals surface area contributed by atoms with E-state index in [0.29, 0.717) is 22.5 Å². The zero-order chi connectivity index (χ0) is 21.8. The van der Waals surface area contributed by atoms with Crippen molar-refractivity contribution in [1.82, 2.24) is 5.32 Å². The fourth-order valence-corrected chi connectivity index (χ4v) is 3.43. The predicted octanol–water partition coefficient (Wildman–Crippen LogP) is 4.31. The summed E-state index contributed by atoms with van der Waals surface area (Å²) >= 11 is 0. The van der Waals surface area contributed by atoms with Crippen LogP contribution in [-0.2, 0) is 0 Å². The molecule has 0 saturated heterocycles. The Balaban J connectivity index is 1.37. The van der Waals surface area contributed by atoms with Crippen LogP contribution in [0.25, 0.3) is 0 Å². The largest absolute Gasteiger partial charge is 0.465 e. The minimum absolute atomic E-state index is 0.0493. The van der Waals surface area contributed by atoms with Gasteiger partial charge in [0.05, 0.1) is 0 Å². The Bertz CT molecular complexity index is 1110. The number of rotatable bonds is 6. The van der Waals surface area contributed by atoms with Crippen LogP contribution in [0.1, 0.15) is 38.6 Å². The summed E-state index contributed by atoms with van der Waals surface area (Å²) in [6.07, 6.45) is -0.238. The summed E-state index contributed by atoms with van der Waals surface area (Å²) in [5, 5.41) is 16.9. The maximum absolute atomic E-state index is 12.6. The molecule has 0 unspecified atom stereocenters. The highest BCUT2D eigenvalue weighted by Gasteiger charge is 2.39. The Kier molecular flexibility index (Phi) is 5.66. The first-order valence-electron chi connectivity index (χ1n) is 9.87. The number of nitrogens with one attached hydrogen (secondary N) is 3. The summed E-state index contributed by atoms with van der Waals surface area (Å²) in [4.78, 5) is 35.6. The first kappa shape index (κ1) is 20.2. The van der Waals surface area contributed by atoms with E-state index >= 15 is 0 Å². The molecule has 7 nitrogen and oxygen atoms in total. The van der Waals surface area contributed by atoms with Crippen molar-refractivity contribution in [1.29, 1.82) is 0 Å². The first-order chi connectivity index (χ1) is 15.0. The molecule has 0 bridgehead atoms. The molecule has 0 aliphatic heterocycles. The number of anilines is 2. The van der Waals surface area contributed by atoms with Crippen molar-refractivity contribution in [2.45, 2.75) is 18.4 Å². The van der Waals surface area contributed by atoms with Crippen LogP contribution in [0.15, 0.2) is 78.9 Å². The maximum Gasteiger partial charge on any atom is 0.404 e. The molecule has 3 amide bonds. The Labute approximate surface area is 179 Å². The average Bonchev–Trinajstić information content (AvgIpc) is 3.53.